The van der Waals surface area contributed by atoms with Crippen LogP contribution in [0.2, 0.25) is 0 Å². The Balaban J connectivity index is 0.000000347. The summed E-state index contributed by atoms with van der Waals surface area (Å²) in [5.41, 5.74) is 2.72. The summed E-state index contributed by atoms with van der Waals surface area (Å²) in [6, 6.07) is 21.2. The predicted molar refractivity (Wildman–Crippen MR) is 79.9 cm³/mol. The number of hydrogen-bond donors (Lipinski definition) is 0. The molecule has 0 nitrogen and oxygen atoms in total. The van der Waals surface area contributed by atoms with E-state index in [-0.39, 0.29) is 0 Å². The third-order valence-corrected chi connectivity index (χ3v) is 3.02. The molecule has 0 unspecified atom stereocenters. The van der Waals surface area contributed by atoms with Gasteiger partial charge < -0.3 is 17.3 Å². The van der Waals surface area contributed by atoms with Crippen LogP contribution in [0.15, 0.2) is 60.7 Å². The Morgan fingerprint density at radius 1 is 0.750 bits per heavy atom. The zero-order valence-corrected chi connectivity index (χ0v) is 11.6. The van der Waals surface area contributed by atoms with Gasteiger partial charge in [-0.1, -0.05) is 60.7 Å². The van der Waals surface area contributed by atoms with E-state index in [4.69, 9.17) is 0 Å². The van der Waals surface area contributed by atoms with Crippen LogP contribution in [-0.2, 0) is 12.6 Å². The van der Waals surface area contributed by atoms with E-state index in [0.717, 1.165) is 5.75 Å². The van der Waals surface area contributed by atoms with Crippen molar-refractivity contribution >= 4 is 19.9 Å². The SMILES string of the molecule is F[B-](F)(F)F.[SH2+]CC(c1ccccc1)c1ccccc1. The molecule has 0 aliphatic rings. The molecule has 0 aromatic heterocycles. The molecule has 2 rings (SSSR count). The van der Waals surface area contributed by atoms with E-state index in [9.17, 15) is 17.3 Å². The van der Waals surface area contributed by atoms with Crippen molar-refractivity contribution in [2.45, 2.75) is 5.92 Å². The molecule has 0 bridgehead atoms. The van der Waals surface area contributed by atoms with Gasteiger partial charge in [-0.05, 0) is 23.8 Å². The van der Waals surface area contributed by atoms with Gasteiger partial charge in [-0.2, -0.15) is 0 Å². The molecule has 0 saturated heterocycles. The first kappa shape index (κ1) is 16.6. The Morgan fingerprint density at radius 2 is 1.05 bits per heavy atom. The molecule has 2 aromatic carbocycles. The van der Waals surface area contributed by atoms with E-state index in [1.807, 2.05) is 0 Å². The lowest BCUT2D eigenvalue weighted by Gasteiger charge is -2.12. The van der Waals surface area contributed by atoms with Crippen molar-refractivity contribution in [3.8, 4) is 0 Å². The quantitative estimate of drug-likeness (QED) is 0.454. The molecule has 0 radical (unpaired) electrons. The highest BCUT2D eigenvalue weighted by molar-refractivity contribution is 7.58. The Hall–Kier alpha value is -1.43. The molecule has 20 heavy (non-hydrogen) atoms. The van der Waals surface area contributed by atoms with Crippen molar-refractivity contribution < 1.29 is 17.3 Å². The van der Waals surface area contributed by atoms with Gasteiger partial charge in [-0.3, -0.25) is 0 Å². The molecule has 0 saturated carbocycles. The van der Waals surface area contributed by atoms with Gasteiger partial charge in [-0.15, -0.1) is 0 Å². The van der Waals surface area contributed by atoms with Gasteiger partial charge in [0.15, 0.2) is 0 Å². The number of halogens is 4. The topological polar surface area (TPSA) is 0 Å². The summed E-state index contributed by atoms with van der Waals surface area (Å²) in [6.07, 6.45) is 0. The van der Waals surface area contributed by atoms with Gasteiger partial charge in [0.25, 0.3) is 0 Å². The minimum absolute atomic E-state index is 0.448. The minimum Gasteiger partial charge on any atom is -0.418 e. The normalized spacial score (nSPS) is 10.9. The van der Waals surface area contributed by atoms with Gasteiger partial charge in [-0.25, -0.2) is 0 Å². The summed E-state index contributed by atoms with van der Waals surface area (Å²) in [7, 11) is -6.00. The van der Waals surface area contributed by atoms with Crippen molar-refractivity contribution in [3.05, 3.63) is 71.8 Å². The van der Waals surface area contributed by atoms with Crippen LogP contribution < -0.4 is 0 Å². The van der Waals surface area contributed by atoms with E-state index in [0.29, 0.717) is 5.92 Å². The lowest BCUT2D eigenvalue weighted by molar-refractivity contribution is 0.368. The highest BCUT2D eigenvalue weighted by Gasteiger charge is 2.20. The lowest BCUT2D eigenvalue weighted by atomic mass is 9.93. The van der Waals surface area contributed by atoms with Crippen molar-refractivity contribution in [2.75, 3.05) is 5.75 Å². The Labute approximate surface area is 121 Å². The summed E-state index contributed by atoms with van der Waals surface area (Å²) >= 11 is 3.64. The van der Waals surface area contributed by atoms with Crippen LogP contribution in [0.4, 0.5) is 17.3 Å². The maximum atomic E-state index is 9.75. The third kappa shape index (κ3) is 6.66. The van der Waals surface area contributed by atoms with E-state index >= 15 is 0 Å². The fourth-order valence-electron chi connectivity index (χ4n) is 1.80. The van der Waals surface area contributed by atoms with E-state index < -0.39 is 7.25 Å². The number of hydrogen-bond acceptors (Lipinski definition) is 0. The molecule has 0 atom stereocenters. The second-order valence-electron chi connectivity index (χ2n) is 4.07. The Bertz CT molecular complexity index is 442. The largest absolute Gasteiger partial charge is 0.673 e. The van der Waals surface area contributed by atoms with Crippen LogP contribution in [-0.4, -0.2) is 13.0 Å². The van der Waals surface area contributed by atoms with Gasteiger partial charge in [0.05, 0.1) is 5.92 Å². The molecule has 2 aromatic rings. The molecule has 0 spiro atoms. The average molecular weight is 302 g/mol. The van der Waals surface area contributed by atoms with Crippen molar-refractivity contribution in [2.24, 2.45) is 0 Å². The first-order chi connectivity index (χ1) is 9.42. The van der Waals surface area contributed by atoms with Crippen molar-refractivity contribution in [1.82, 2.24) is 0 Å². The van der Waals surface area contributed by atoms with Crippen LogP contribution in [0.1, 0.15) is 17.0 Å². The van der Waals surface area contributed by atoms with Crippen molar-refractivity contribution in [3.63, 3.8) is 0 Å². The lowest BCUT2D eigenvalue weighted by Crippen LogP contribution is -2.03. The van der Waals surface area contributed by atoms with Gasteiger partial charge in [0, 0.05) is 0 Å². The Kier molecular flexibility index (Phi) is 6.65. The average Bonchev–Trinajstić information content (AvgIpc) is 2.40. The first-order valence-electron chi connectivity index (χ1n) is 6.03. The van der Waals surface area contributed by atoms with E-state index in [2.05, 4.69) is 73.3 Å². The first-order valence-corrected chi connectivity index (χ1v) is 6.74. The number of benzene rings is 2. The molecule has 0 aliphatic heterocycles. The molecular weight excluding hydrogens is 287 g/mol. The summed E-state index contributed by atoms with van der Waals surface area (Å²) in [4.78, 5) is 0. The van der Waals surface area contributed by atoms with Gasteiger partial charge >= 0.3 is 7.25 Å². The molecule has 0 aliphatic carbocycles. The summed E-state index contributed by atoms with van der Waals surface area (Å²) in [5, 5.41) is 0. The second kappa shape index (κ2) is 7.99. The highest BCUT2D eigenvalue weighted by atomic mass is 32.1. The summed E-state index contributed by atoms with van der Waals surface area (Å²) in [5.74, 6) is 1.40. The van der Waals surface area contributed by atoms with Crippen LogP contribution >= 0.6 is 0 Å². The fourth-order valence-corrected chi connectivity index (χ4v) is 2.27. The molecule has 0 amide bonds. The molecule has 0 N–H and O–H groups in total. The smallest absolute Gasteiger partial charge is 0.418 e. The Morgan fingerprint density at radius 3 is 1.30 bits per heavy atom. The zero-order valence-electron chi connectivity index (χ0n) is 10.6. The third-order valence-electron chi connectivity index (χ3n) is 2.61. The zero-order chi connectivity index (χ0) is 15.0. The van der Waals surface area contributed by atoms with Crippen LogP contribution in [0.25, 0.3) is 0 Å². The number of rotatable bonds is 3. The standard InChI is InChI=1S/C14H14S.BF4/c15-11-14(12-7-3-1-4-8-12)13-9-5-2-6-10-13;2-1(3,4)5/h1-10,14-15H,11H2;/q;-1/p+1. The maximum Gasteiger partial charge on any atom is 0.673 e. The molecular formula is C14H15BF4S. The minimum atomic E-state index is -6.00. The van der Waals surface area contributed by atoms with E-state index in [1.54, 1.807) is 0 Å². The fraction of sp³-hybridized carbons (Fsp3) is 0.143. The highest BCUT2D eigenvalue weighted by Crippen LogP contribution is 2.23. The molecule has 108 valence electrons. The molecule has 0 fully saturated rings. The summed E-state index contributed by atoms with van der Waals surface area (Å²) < 4.78 is 39.0. The maximum absolute atomic E-state index is 9.75. The second-order valence-corrected chi connectivity index (χ2v) is 4.48. The van der Waals surface area contributed by atoms with Crippen molar-refractivity contribution in [1.29, 1.82) is 0 Å². The van der Waals surface area contributed by atoms with E-state index in [1.165, 1.54) is 11.1 Å². The molecule has 0 heterocycles. The van der Waals surface area contributed by atoms with Crippen LogP contribution in [0.5, 0.6) is 0 Å². The van der Waals surface area contributed by atoms with Crippen LogP contribution in [0.3, 0.4) is 0 Å². The van der Waals surface area contributed by atoms with Gasteiger partial charge in [0.2, 0.25) is 0 Å². The van der Waals surface area contributed by atoms with Gasteiger partial charge in [0.1, 0.15) is 5.75 Å². The van der Waals surface area contributed by atoms with Crippen LogP contribution in [0, 0.1) is 0 Å². The monoisotopic (exact) mass is 302 g/mol. The predicted octanol–water partition coefficient (Wildman–Crippen LogP) is 4.13. The molecule has 6 heteroatoms. The summed E-state index contributed by atoms with van der Waals surface area (Å²) in [6.45, 7) is 0.